The lowest BCUT2D eigenvalue weighted by Crippen LogP contribution is -2.55. The minimum atomic E-state index is -1.90. The molecular formula is C37H41NO9. The number of ether oxygens (including phenoxy) is 4. The van der Waals surface area contributed by atoms with Gasteiger partial charge in [-0.1, -0.05) is 51.6 Å². The molecule has 3 aliphatic carbocycles. The van der Waals surface area contributed by atoms with Crippen molar-refractivity contribution >= 4 is 29.7 Å². The fourth-order valence-electron chi connectivity index (χ4n) is 7.55. The van der Waals surface area contributed by atoms with Gasteiger partial charge in [0.2, 0.25) is 5.78 Å². The molecule has 1 aromatic carbocycles. The van der Waals surface area contributed by atoms with Gasteiger partial charge in [0.05, 0.1) is 17.0 Å². The van der Waals surface area contributed by atoms with E-state index in [2.05, 4.69) is 25.4 Å². The van der Waals surface area contributed by atoms with Crippen LogP contribution in [-0.2, 0) is 33.3 Å². The number of pyridine rings is 1. The number of benzene rings is 1. The van der Waals surface area contributed by atoms with E-state index in [9.17, 15) is 24.0 Å². The molecule has 1 aromatic heterocycles. The van der Waals surface area contributed by atoms with Crippen molar-refractivity contribution in [3.63, 3.8) is 0 Å². The average molecular weight is 644 g/mol. The molecule has 2 fully saturated rings. The molecule has 0 spiro atoms. The Kier molecular flexibility index (Phi) is 9.26. The Morgan fingerprint density at radius 1 is 0.915 bits per heavy atom. The van der Waals surface area contributed by atoms with Crippen LogP contribution in [0.15, 0.2) is 78.7 Å². The number of allylic oxidation sites excluding steroid dienone is 1. The summed E-state index contributed by atoms with van der Waals surface area (Å²) in [5.41, 5.74) is -1.11. The minimum absolute atomic E-state index is 0.0172. The number of rotatable bonds is 6. The fourth-order valence-corrected chi connectivity index (χ4v) is 7.55. The van der Waals surface area contributed by atoms with Gasteiger partial charge in [0.15, 0.2) is 5.60 Å². The monoisotopic (exact) mass is 643 g/mol. The van der Waals surface area contributed by atoms with Gasteiger partial charge in [0, 0.05) is 38.2 Å². The largest absolute Gasteiger partial charge is 0.458 e. The lowest BCUT2D eigenvalue weighted by molar-refractivity contribution is -0.179. The summed E-state index contributed by atoms with van der Waals surface area (Å²) in [4.78, 5) is 71.2. The fraction of sp³-hybridized carbons (Fsp3) is 0.459. The van der Waals surface area contributed by atoms with Crippen molar-refractivity contribution < 1.29 is 42.9 Å². The van der Waals surface area contributed by atoms with Gasteiger partial charge >= 0.3 is 23.9 Å². The van der Waals surface area contributed by atoms with Crippen LogP contribution >= 0.6 is 0 Å². The van der Waals surface area contributed by atoms with E-state index in [0.717, 1.165) is 0 Å². The number of esters is 4. The van der Waals surface area contributed by atoms with Gasteiger partial charge in [-0.15, -0.1) is 0 Å². The maximum Gasteiger partial charge on any atom is 0.340 e. The molecule has 0 radical (unpaired) electrons. The third-order valence-corrected chi connectivity index (χ3v) is 9.98. The molecule has 47 heavy (non-hydrogen) atoms. The number of ketones is 1. The Morgan fingerprint density at radius 3 is 2.19 bits per heavy atom. The highest BCUT2D eigenvalue weighted by molar-refractivity contribution is 6.03. The van der Waals surface area contributed by atoms with Crippen molar-refractivity contribution in [2.45, 2.75) is 78.3 Å². The second-order valence-electron chi connectivity index (χ2n) is 13.5. The maximum absolute atomic E-state index is 14.7. The molecule has 1 unspecified atom stereocenters. The van der Waals surface area contributed by atoms with Gasteiger partial charge in [-0.2, -0.15) is 0 Å². The van der Waals surface area contributed by atoms with Crippen molar-refractivity contribution in [3.05, 3.63) is 89.8 Å². The zero-order valence-electron chi connectivity index (χ0n) is 27.6. The molecule has 0 amide bonds. The molecule has 3 aliphatic rings. The molecular weight excluding hydrogens is 602 g/mol. The number of hydrogen-bond acceptors (Lipinski definition) is 10. The number of carbonyl (C=O) groups excluding carboxylic acids is 5. The van der Waals surface area contributed by atoms with E-state index in [0.29, 0.717) is 12.0 Å². The smallest absolute Gasteiger partial charge is 0.340 e. The normalized spacial score (nSPS) is 32.3. The summed E-state index contributed by atoms with van der Waals surface area (Å²) in [5.74, 6) is -5.08. The highest BCUT2D eigenvalue weighted by Gasteiger charge is 2.66. The first-order valence-corrected chi connectivity index (χ1v) is 15.8. The van der Waals surface area contributed by atoms with Gasteiger partial charge in [0.1, 0.15) is 18.3 Å². The first kappa shape index (κ1) is 33.8. The van der Waals surface area contributed by atoms with E-state index in [4.69, 9.17) is 18.9 Å². The van der Waals surface area contributed by atoms with Crippen LogP contribution in [-0.4, -0.2) is 58.6 Å². The number of nitrogens with zero attached hydrogens (tertiary/aromatic N) is 1. The van der Waals surface area contributed by atoms with E-state index < -0.39 is 65.4 Å². The molecule has 10 nitrogen and oxygen atoms in total. The van der Waals surface area contributed by atoms with Gasteiger partial charge in [-0.05, 0) is 66.4 Å². The Bertz CT molecular complexity index is 1610. The summed E-state index contributed by atoms with van der Waals surface area (Å²) in [6.07, 6.45) is 1.70. The zero-order chi connectivity index (χ0) is 34.3. The third kappa shape index (κ3) is 6.50. The number of hydrogen-bond donors (Lipinski definition) is 0. The summed E-state index contributed by atoms with van der Waals surface area (Å²) >= 11 is 0. The van der Waals surface area contributed by atoms with Crippen LogP contribution in [0.2, 0.25) is 0 Å². The van der Waals surface area contributed by atoms with E-state index in [1.54, 1.807) is 56.3 Å². The molecule has 0 saturated heterocycles. The molecule has 0 aliphatic heterocycles. The van der Waals surface area contributed by atoms with Crippen LogP contribution in [0.1, 0.15) is 75.1 Å². The van der Waals surface area contributed by atoms with Crippen LogP contribution in [0, 0.1) is 29.1 Å². The summed E-state index contributed by atoms with van der Waals surface area (Å²) in [7, 11) is 0. The SMILES string of the molecule is C=C1[C@H](OC(=O)c2cccnc2)C[C@H]2[C@@H](/C=C(/C)C(=O)[C@@]3(OC(C)=O)C[C@H](C)[C@H](OC(=O)c4ccccc4)C3[C@H]1OC(C)=O)C2(C)C. The molecule has 5 rings (SSSR count). The van der Waals surface area contributed by atoms with E-state index in [1.807, 2.05) is 6.08 Å². The number of Topliss-reactive ketones (excluding diaryl/α,β-unsaturated/α-hetero) is 1. The molecule has 2 saturated carbocycles. The molecule has 248 valence electrons. The second-order valence-corrected chi connectivity index (χ2v) is 13.5. The first-order valence-electron chi connectivity index (χ1n) is 15.8. The van der Waals surface area contributed by atoms with Gasteiger partial charge in [0.25, 0.3) is 0 Å². The average Bonchev–Trinajstić information content (AvgIpc) is 3.41. The van der Waals surface area contributed by atoms with Gasteiger partial charge in [-0.25, -0.2) is 9.59 Å². The van der Waals surface area contributed by atoms with E-state index in [1.165, 1.54) is 26.2 Å². The summed E-state index contributed by atoms with van der Waals surface area (Å²) in [6.45, 7) is 14.3. The molecule has 0 N–H and O–H groups in total. The van der Waals surface area contributed by atoms with E-state index in [-0.39, 0.29) is 40.4 Å². The topological polar surface area (TPSA) is 135 Å². The lowest BCUT2D eigenvalue weighted by atomic mass is 9.76. The molecule has 8 atom stereocenters. The molecule has 10 heteroatoms. The summed E-state index contributed by atoms with van der Waals surface area (Å²) in [5, 5.41) is 0. The predicted octanol–water partition coefficient (Wildman–Crippen LogP) is 5.47. The Labute approximate surface area is 274 Å². The highest BCUT2D eigenvalue weighted by atomic mass is 16.6. The zero-order valence-corrected chi connectivity index (χ0v) is 27.6. The minimum Gasteiger partial charge on any atom is -0.458 e. The number of aromatic nitrogens is 1. The molecule has 0 bridgehead atoms. The van der Waals surface area contributed by atoms with Crippen molar-refractivity contribution in [1.82, 2.24) is 4.98 Å². The van der Waals surface area contributed by atoms with Gasteiger partial charge in [-0.3, -0.25) is 19.4 Å². The van der Waals surface area contributed by atoms with Crippen molar-refractivity contribution in [1.29, 1.82) is 0 Å². The Hall–Kier alpha value is -4.60. The second kappa shape index (κ2) is 12.9. The van der Waals surface area contributed by atoms with E-state index >= 15 is 0 Å². The maximum atomic E-state index is 14.7. The summed E-state index contributed by atoms with van der Waals surface area (Å²) in [6, 6.07) is 11.5. The number of carbonyl (C=O) groups is 5. The number of fused-ring (bicyclic) bond motifs is 2. The van der Waals surface area contributed by atoms with Crippen LogP contribution in [0.3, 0.4) is 0 Å². The van der Waals surface area contributed by atoms with Crippen LogP contribution in [0.4, 0.5) is 0 Å². The van der Waals surface area contributed by atoms with Crippen LogP contribution in [0.5, 0.6) is 0 Å². The van der Waals surface area contributed by atoms with Crippen molar-refractivity contribution in [2.75, 3.05) is 0 Å². The Balaban J connectivity index is 1.68. The van der Waals surface area contributed by atoms with Crippen LogP contribution in [0.25, 0.3) is 0 Å². The Morgan fingerprint density at radius 2 is 1.57 bits per heavy atom. The van der Waals surface area contributed by atoms with Crippen molar-refractivity contribution in [2.24, 2.45) is 29.1 Å². The van der Waals surface area contributed by atoms with Crippen molar-refractivity contribution in [3.8, 4) is 0 Å². The standard InChI is InChI=1S/C37H41NO9/c1-20-16-27-28(36(27,6)7)17-29(45-35(43)26-14-11-15-38-19-26)22(3)32(44-23(4)39)30-31(46-34(42)25-12-9-8-10-13-25)21(2)18-37(30,33(20)41)47-24(5)40/h8-16,19,21,27-32H,3,17-18H2,1-2,4-7H3/b20-16-/t21-,27+,28-,29+,30?,31-,32-,37+/m0/s1. The highest BCUT2D eigenvalue weighted by Crippen LogP contribution is 2.63. The van der Waals surface area contributed by atoms with Crippen LogP contribution < -0.4 is 0 Å². The molecule has 1 heterocycles. The summed E-state index contributed by atoms with van der Waals surface area (Å²) < 4.78 is 24.2. The first-order chi connectivity index (χ1) is 22.2. The third-order valence-electron chi connectivity index (χ3n) is 9.98. The van der Waals surface area contributed by atoms with Gasteiger partial charge < -0.3 is 18.9 Å². The lowest BCUT2D eigenvalue weighted by Gasteiger charge is -2.40. The molecule has 2 aromatic rings. The quantitative estimate of drug-likeness (QED) is 0.227. The predicted molar refractivity (Wildman–Crippen MR) is 170 cm³/mol.